The molecule has 6 nitrogen and oxygen atoms in total. The minimum absolute atomic E-state index is 0.101. The molecule has 0 saturated carbocycles. The summed E-state index contributed by atoms with van der Waals surface area (Å²) in [5.74, 6) is -0.101. The highest BCUT2D eigenvalue weighted by Gasteiger charge is 2.16. The molecule has 21 heavy (non-hydrogen) atoms. The van der Waals surface area contributed by atoms with Crippen LogP contribution in [0, 0.1) is 0 Å². The molecule has 118 valence electrons. The molecule has 1 aromatic carbocycles. The maximum Gasteiger partial charge on any atom is 0.253 e. The molecular formula is C14H22N2O4S. The standard InChI is InChI=1S/C14H22N2O4S/c1-4-16(5-2)14(17)12-6-8-13(9-7-12)21(18,19)15-10-11-20-3/h6-9,15H,4-5,10-11H2,1-3H3. The second-order valence-electron chi connectivity index (χ2n) is 4.39. The first kappa shape index (κ1) is 17.6. The van der Waals surface area contributed by atoms with E-state index in [0.717, 1.165) is 0 Å². The van der Waals surface area contributed by atoms with Gasteiger partial charge in [0.2, 0.25) is 10.0 Å². The number of ether oxygens (including phenoxy) is 1. The van der Waals surface area contributed by atoms with Crippen molar-refractivity contribution < 1.29 is 17.9 Å². The summed E-state index contributed by atoms with van der Waals surface area (Å²) in [4.78, 5) is 13.9. The second kappa shape index (κ2) is 8.11. The third-order valence-corrected chi connectivity index (χ3v) is 4.54. The van der Waals surface area contributed by atoms with Crippen LogP contribution >= 0.6 is 0 Å². The fourth-order valence-electron chi connectivity index (χ4n) is 1.83. The summed E-state index contributed by atoms with van der Waals surface area (Å²) in [6.45, 7) is 5.55. The number of rotatable bonds is 8. The van der Waals surface area contributed by atoms with Crippen molar-refractivity contribution in [1.82, 2.24) is 9.62 Å². The molecule has 1 rings (SSSR count). The van der Waals surface area contributed by atoms with Crippen LogP contribution in [0.4, 0.5) is 0 Å². The third kappa shape index (κ3) is 4.80. The van der Waals surface area contributed by atoms with Crippen molar-refractivity contribution in [2.75, 3.05) is 33.4 Å². The molecule has 0 unspecified atom stereocenters. The third-order valence-electron chi connectivity index (χ3n) is 3.06. The second-order valence-corrected chi connectivity index (χ2v) is 6.16. The highest BCUT2D eigenvalue weighted by Crippen LogP contribution is 2.12. The smallest absolute Gasteiger partial charge is 0.253 e. The van der Waals surface area contributed by atoms with Crippen molar-refractivity contribution in [2.45, 2.75) is 18.7 Å². The Morgan fingerprint density at radius 2 is 1.76 bits per heavy atom. The van der Waals surface area contributed by atoms with Gasteiger partial charge in [-0.3, -0.25) is 4.79 Å². The van der Waals surface area contributed by atoms with E-state index >= 15 is 0 Å². The van der Waals surface area contributed by atoms with Crippen LogP contribution in [-0.2, 0) is 14.8 Å². The van der Waals surface area contributed by atoms with Gasteiger partial charge in [0, 0.05) is 32.3 Å². The van der Waals surface area contributed by atoms with Crippen LogP contribution < -0.4 is 4.72 Å². The Kier molecular flexibility index (Phi) is 6.80. The number of hydrogen-bond donors (Lipinski definition) is 1. The summed E-state index contributed by atoms with van der Waals surface area (Å²) in [5.41, 5.74) is 0.481. The van der Waals surface area contributed by atoms with Crippen LogP contribution in [-0.4, -0.2) is 52.6 Å². The van der Waals surface area contributed by atoms with E-state index in [1.807, 2.05) is 13.8 Å². The van der Waals surface area contributed by atoms with Gasteiger partial charge < -0.3 is 9.64 Å². The minimum atomic E-state index is -3.56. The van der Waals surface area contributed by atoms with E-state index < -0.39 is 10.0 Å². The van der Waals surface area contributed by atoms with Crippen molar-refractivity contribution in [3.8, 4) is 0 Å². The summed E-state index contributed by atoms with van der Waals surface area (Å²) in [5, 5.41) is 0. The predicted molar refractivity (Wildman–Crippen MR) is 80.8 cm³/mol. The zero-order valence-corrected chi connectivity index (χ0v) is 13.4. The van der Waals surface area contributed by atoms with E-state index in [4.69, 9.17) is 4.74 Å². The molecule has 0 heterocycles. The lowest BCUT2D eigenvalue weighted by atomic mass is 10.2. The number of amides is 1. The topological polar surface area (TPSA) is 75.7 Å². The van der Waals surface area contributed by atoms with Crippen molar-refractivity contribution >= 4 is 15.9 Å². The van der Waals surface area contributed by atoms with Gasteiger partial charge in [-0.1, -0.05) is 0 Å². The molecule has 0 saturated heterocycles. The molecule has 0 atom stereocenters. The van der Waals surface area contributed by atoms with Gasteiger partial charge in [0.25, 0.3) is 5.91 Å². The molecule has 0 aliphatic carbocycles. The van der Waals surface area contributed by atoms with Crippen LogP contribution in [0.2, 0.25) is 0 Å². The van der Waals surface area contributed by atoms with Crippen molar-refractivity contribution in [1.29, 1.82) is 0 Å². The molecule has 0 radical (unpaired) electrons. The van der Waals surface area contributed by atoms with Crippen molar-refractivity contribution in [2.24, 2.45) is 0 Å². The fourth-order valence-corrected chi connectivity index (χ4v) is 2.84. The molecule has 1 amide bonds. The molecule has 1 aromatic rings. The highest BCUT2D eigenvalue weighted by atomic mass is 32.2. The molecule has 0 spiro atoms. The zero-order chi connectivity index (χ0) is 15.9. The van der Waals surface area contributed by atoms with Gasteiger partial charge in [-0.25, -0.2) is 13.1 Å². The Labute approximate surface area is 126 Å². The lowest BCUT2D eigenvalue weighted by Gasteiger charge is -2.18. The maximum atomic E-state index is 12.1. The summed E-state index contributed by atoms with van der Waals surface area (Å²) < 4.78 is 31.2. The Bertz CT molecular complexity index is 551. The van der Waals surface area contributed by atoms with Gasteiger partial charge in [-0.15, -0.1) is 0 Å². The molecular weight excluding hydrogens is 292 g/mol. The largest absolute Gasteiger partial charge is 0.383 e. The van der Waals surface area contributed by atoms with Gasteiger partial charge in [0.05, 0.1) is 11.5 Å². The number of nitrogens with one attached hydrogen (secondary N) is 1. The van der Waals surface area contributed by atoms with Crippen LogP contribution in [0.3, 0.4) is 0 Å². The average Bonchev–Trinajstić information content (AvgIpc) is 2.48. The van der Waals surface area contributed by atoms with E-state index in [-0.39, 0.29) is 17.3 Å². The first-order chi connectivity index (χ1) is 9.96. The number of carbonyl (C=O) groups is 1. The number of carbonyl (C=O) groups excluding carboxylic acids is 1. The van der Waals surface area contributed by atoms with E-state index in [9.17, 15) is 13.2 Å². The zero-order valence-electron chi connectivity index (χ0n) is 12.6. The number of sulfonamides is 1. The van der Waals surface area contributed by atoms with E-state index in [0.29, 0.717) is 25.3 Å². The lowest BCUT2D eigenvalue weighted by Crippen LogP contribution is -2.30. The lowest BCUT2D eigenvalue weighted by molar-refractivity contribution is 0.0773. The molecule has 0 aromatic heterocycles. The normalized spacial score (nSPS) is 11.4. The summed E-state index contributed by atoms with van der Waals surface area (Å²) in [6.07, 6.45) is 0. The van der Waals surface area contributed by atoms with Gasteiger partial charge in [0.1, 0.15) is 0 Å². The molecule has 0 bridgehead atoms. The quantitative estimate of drug-likeness (QED) is 0.729. The molecule has 0 fully saturated rings. The predicted octanol–water partition coefficient (Wildman–Crippen LogP) is 1.09. The molecule has 1 N–H and O–H groups in total. The monoisotopic (exact) mass is 314 g/mol. The summed E-state index contributed by atoms with van der Waals surface area (Å²) in [6, 6.07) is 5.94. The van der Waals surface area contributed by atoms with Crippen LogP contribution in [0.5, 0.6) is 0 Å². The molecule has 7 heteroatoms. The Balaban J connectivity index is 2.84. The van der Waals surface area contributed by atoms with E-state index in [1.54, 1.807) is 4.90 Å². The number of benzene rings is 1. The Morgan fingerprint density at radius 3 is 2.24 bits per heavy atom. The first-order valence-electron chi connectivity index (χ1n) is 6.84. The highest BCUT2D eigenvalue weighted by molar-refractivity contribution is 7.89. The van der Waals surface area contributed by atoms with Gasteiger partial charge >= 0.3 is 0 Å². The minimum Gasteiger partial charge on any atom is -0.383 e. The molecule has 0 aliphatic rings. The van der Waals surface area contributed by atoms with Gasteiger partial charge in [0.15, 0.2) is 0 Å². The summed E-state index contributed by atoms with van der Waals surface area (Å²) in [7, 11) is -2.06. The first-order valence-corrected chi connectivity index (χ1v) is 8.32. The SMILES string of the molecule is CCN(CC)C(=O)c1ccc(S(=O)(=O)NCCOC)cc1. The Morgan fingerprint density at radius 1 is 1.19 bits per heavy atom. The molecule has 0 aliphatic heterocycles. The van der Waals surface area contributed by atoms with Crippen LogP contribution in [0.1, 0.15) is 24.2 Å². The summed E-state index contributed by atoms with van der Waals surface area (Å²) >= 11 is 0. The van der Waals surface area contributed by atoms with Crippen LogP contribution in [0.25, 0.3) is 0 Å². The fraction of sp³-hybridized carbons (Fsp3) is 0.500. The average molecular weight is 314 g/mol. The maximum absolute atomic E-state index is 12.1. The number of methoxy groups -OCH3 is 1. The van der Waals surface area contributed by atoms with Gasteiger partial charge in [-0.2, -0.15) is 0 Å². The van der Waals surface area contributed by atoms with Crippen molar-refractivity contribution in [3.05, 3.63) is 29.8 Å². The van der Waals surface area contributed by atoms with E-state index in [1.165, 1.54) is 31.4 Å². The van der Waals surface area contributed by atoms with Crippen molar-refractivity contribution in [3.63, 3.8) is 0 Å². The van der Waals surface area contributed by atoms with Crippen LogP contribution in [0.15, 0.2) is 29.2 Å². The van der Waals surface area contributed by atoms with E-state index in [2.05, 4.69) is 4.72 Å². The number of nitrogens with zero attached hydrogens (tertiary/aromatic N) is 1. The number of hydrogen-bond acceptors (Lipinski definition) is 4. The van der Waals surface area contributed by atoms with Gasteiger partial charge in [-0.05, 0) is 38.1 Å². The Hall–Kier alpha value is -1.44.